The number of rotatable bonds is 9. The van der Waals surface area contributed by atoms with Crippen LogP contribution >= 0.6 is 0 Å². The summed E-state index contributed by atoms with van der Waals surface area (Å²) < 4.78 is 5.37. The van der Waals surface area contributed by atoms with E-state index in [4.69, 9.17) is 4.74 Å². The molecule has 1 N–H and O–H groups in total. The molecule has 0 aliphatic carbocycles. The van der Waals surface area contributed by atoms with E-state index in [0.717, 1.165) is 45.1 Å². The van der Waals surface area contributed by atoms with E-state index in [2.05, 4.69) is 26.1 Å². The Hall–Kier alpha value is -0.0800. The second-order valence-corrected chi connectivity index (χ2v) is 3.90. The summed E-state index contributed by atoms with van der Waals surface area (Å²) in [5, 5.41) is 3.41. The minimum Gasteiger partial charge on any atom is -0.381 e. The van der Waals surface area contributed by atoms with Gasteiger partial charge < -0.3 is 10.1 Å². The average Bonchev–Trinajstić information content (AvgIpc) is 2.09. The maximum Gasteiger partial charge on any atom is 0.0478 e. The lowest BCUT2D eigenvalue weighted by Gasteiger charge is -2.06. The predicted molar refractivity (Wildman–Crippen MR) is 58.1 cm³/mol. The second-order valence-electron chi connectivity index (χ2n) is 3.90. The van der Waals surface area contributed by atoms with E-state index in [1.165, 1.54) is 6.42 Å². The molecule has 80 valence electrons. The van der Waals surface area contributed by atoms with Gasteiger partial charge in [0, 0.05) is 13.2 Å². The van der Waals surface area contributed by atoms with Gasteiger partial charge in [0.25, 0.3) is 0 Å². The molecule has 0 aliphatic rings. The van der Waals surface area contributed by atoms with Crippen LogP contribution in [0.3, 0.4) is 0 Å². The van der Waals surface area contributed by atoms with Crippen LogP contribution in [0.4, 0.5) is 0 Å². The van der Waals surface area contributed by atoms with Gasteiger partial charge in [-0.15, -0.1) is 0 Å². The molecule has 0 atom stereocenters. The summed E-state index contributed by atoms with van der Waals surface area (Å²) in [6.07, 6.45) is 3.54. The molecule has 0 rings (SSSR count). The highest BCUT2D eigenvalue weighted by Crippen LogP contribution is 1.96. The predicted octanol–water partition coefficient (Wildman–Crippen LogP) is 2.44. The summed E-state index contributed by atoms with van der Waals surface area (Å²) in [5.41, 5.74) is 0. The molecule has 0 spiro atoms. The fourth-order valence-corrected chi connectivity index (χ4v) is 1.06. The lowest BCUT2D eigenvalue weighted by atomic mass is 10.1. The first-order chi connectivity index (χ1) is 6.27. The highest BCUT2D eigenvalue weighted by Gasteiger charge is 1.92. The van der Waals surface area contributed by atoms with Gasteiger partial charge in [-0.2, -0.15) is 0 Å². The molecule has 2 heteroatoms. The summed E-state index contributed by atoms with van der Waals surface area (Å²) in [7, 11) is 0. The van der Waals surface area contributed by atoms with Crippen molar-refractivity contribution in [2.75, 3.05) is 26.3 Å². The molecule has 0 aromatic carbocycles. The Balaban J connectivity index is 2.84. The van der Waals surface area contributed by atoms with E-state index in [-0.39, 0.29) is 0 Å². The van der Waals surface area contributed by atoms with Crippen molar-refractivity contribution in [3.05, 3.63) is 0 Å². The van der Waals surface area contributed by atoms with Crippen molar-refractivity contribution < 1.29 is 4.74 Å². The smallest absolute Gasteiger partial charge is 0.0478 e. The van der Waals surface area contributed by atoms with Gasteiger partial charge in [0.1, 0.15) is 0 Å². The van der Waals surface area contributed by atoms with Gasteiger partial charge in [-0.1, -0.05) is 20.8 Å². The number of hydrogen-bond donors (Lipinski definition) is 1. The van der Waals surface area contributed by atoms with E-state index in [0.29, 0.717) is 0 Å². The summed E-state index contributed by atoms with van der Waals surface area (Å²) in [4.78, 5) is 0. The Morgan fingerprint density at radius 3 is 2.54 bits per heavy atom. The van der Waals surface area contributed by atoms with Gasteiger partial charge in [-0.05, 0) is 38.3 Å². The van der Waals surface area contributed by atoms with Crippen LogP contribution in [0.1, 0.15) is 40.0 Å². The van der Waals surface area contributed by atoms with Gasteiger partial charge in [-0.25, -0.2) is 0 Å². The Kier molecular flexibility index (Phi) is 9.94. The molecular weight excluding hydrogens is 162 g/mol. The number of ether oxygens (including phenoxy) is 1. The third-order valence-electron chi connectivity index (χ3n) is 1.89. The Bertz CT molecular complexity index is 94.1. The molecule has 0 radical (unpaired) electrons. The Labute approximate surface area is 83.1 Å². The fraction of sp³-hybridized carbons (Fsp3) is 1.00. The molecule has 0 aromatic rings. The zero-order valence-corrected chi connectivity index (χ0v) is 9.44. The van der Waals surface area contributed by atoms with Crippen molar-refractivity contribution in [3.8, 4) is 0 Å². The maximum absolute atomic E-state index is 5.37. The lowest BCUT2D eigenvalue weighted by molar-refractivity contribution is 0.132. The van der Waals surface area contributed by atoms with Crippen molar-refractivity contribution in [2.24, 2.45) is 5.92 Å². The van der Waals surface area contributed by atoms with E-state index >= 15 is 0 Å². The van der Waals surface area contributed by atoms with Gasteiger partial charge in [0.2, 0.25) is 0 Å². The quantitative estimate of drug-likeness (QED) is 0.560. The topological polar surface area (TPSA) is 21.3 Å². The first-order valence-corrected chi connectivity index (χ1v) is 5.55. The van der Waals surface area contributed by atoms with Crippen LogP contribution in [0.25, 0.3) is 0 Å². The minimum atomic E-state index is 0.809. The van der Waals surface area contributed by atoms with Gasteiger partial charge in [0.15, 0.2) is 0 Å². The zero-order valence-electron chi connectivity index (χ0n) is 9.44. The van der Waals surface area contributed by atoms with Crippen LogP contribution in [0.5, 0.6) is 0 Å². The standard InChI is InChI=1S/C11H25NO/c1-4-9-13-10-5-7-12-8-6-11(2)3/h11-12H,4-10H2,1-3H3. The van der Waals surface area contributed by atoms with Crippen LogP contribution in [0.2, 0.25) is 0 Å². The molecule has 2 nitrogen and oxygen atoms in total. The van der Waals surface area contributed by atoms with Gasteiger partial charge in [-0.3, -0.25) is 0 Å². The van der Waals surface area contributed by atoms with Crippen molar-refractivity contribution in [2.45, 2.75) is 40.0 Å². The SMILES string of the molecule is CCCOCCCNCCC(C)C. The normalized spacial score (nSPS) is 11.1. The highest BCUT2D eigenvalue weighted by atomic mass is 16.5. The minimum absolute atomic E-state index is 0.809. The van der Waals surface area contributed by atoms with Gasteiger partial charge in [0.05, 0.1) is 0 Å². The van der Waals surface area contributed by atoms with Crippen LogP contribution in [0.15, 0.2) is 0 Å². The van der Waals surface area contributed by atoms with Crippen LogP contribution < -0.4 is 5.32 Å². The molecule has 0 heterocycles. The molecule has 0 saturated carbocycles. The fourth-order valence-electron chi connectivity index (χ4n) is 1.06. The first kappa shape index (κ1) is 12.9. The maximum atomic E-state index is 5.37. The van der Waals surface area contributed by atoms with Crippen molar-refractivity contribution >= 4 is 0 Å². The van der Waals surface area contributed by atoms with Gasteiger partial charge >= 0.3 is 0 Å². The summed E-state index contributed by atoms with van der Waals surface area (Å²) in [6.45, 7) is 10.7. The first-order valence-electron chi connectivity index (χ1n) is 5.55. The Morgan fingerprint density at radius 2 is 1.92 bits per heavy atom. The molecule has 0 fully saturated rings. The average molecular weight is 187 g/mol. The molecular formula is C11H25NO. The third-order valence-corrected chi connectivity index (χ3v) is 1.89. The highest BCUT2D eigenvalue weighted by molar-refractivity contribution is 4.50. The molecule has 0 unspecified atom stereocenters. The summed E-state index contributed by atoms with van der Waals surface area (Å²) in [5.74, 6) is 0.809. The third kappa shape index (κ3) is 11.9. The van der Waals surface area contributed by atoms with E-state index in [1.54, 1.807) is 0 Å². The zero-order chi connectivity index (χ0) is 9.94. The molecule has 0 aliphatic heterocycles. The lowest BCUT2D eigenvalue weighted by Crippen LogP contribution is -2.19. The summed E-state index contributed by atoms with van der Waals surface area (Å²) in [6, 6.07) is 0. The van der Waals surface area contributed by atoms with Crippen molar-refractivity contribution in [3.63, 3.8) is 0 Å². The monoisotopic (exact) mass is 187 g/mol. The van der Waals surface area contributed by atoms with Crippen LogP contribution in [0, 0.1) is 5.92 Å². The largest absolute Gasteiger partial charge is 0.381 e. The van der Waals surface area contributed by atoms with Crippen molar-refractivity contribution in [1.29, 1.82) is 0 Å². The second kappa shape index (κ2) is 10.0. The van der Waals surface area contributed by atoms with Crippen LogP contribution in [-0.4, -0.2) is 26.3 Å². The summed E-state index contributed by atoms with van der Waals surface area (Å²) >= 11 is 0. The van der Waals surface area contributed by atoms with Crippen LogP contribution in [-0.2, 0) is 4.74 Å². The van der Waals surface area contributed by atoms with Crippen molar-refractivity contribution in [1.82, 2.24) is 5.32 Å². The number of hydrogen-bond acceptors (Lipinski definition) is 2. The molecule has 0 amide bonds. The molecule has 13 heavy (non-hydrogen) atoms. The molecule has 0 aromatic heterocycles. The molecule has 0 saturated heterocycles. The molecule has 0 bridgehead atoms. The van der Waals surface area contributed by atoms with E-state index < -0.39 is 0 Å². The number of nitrogens with one attached hydrogen (secondary N) is 1. The van der Waals surface area contributed by atoms with E-state index in [1.807, 2.05) is 0 Å². The van der Waals surface area contributed by atoms with E-state index in [9.17, 15) is 0 Å². The Morgan fingerprint density at radius 1 is 1.15 bits per heavy atom.